The predicted molar refractivity (Wildman–Crippen MR) is 101 cm³/mol. The van der Waals surface area contributed by atoms with E-state index < -0.39 is 0 Å². The monoisotopic (exact) mass is 344 g/mol. The van der Waals surface area contributed by atoms with Gasteiger partial charge in [-0.3, -0.25) is 9.69 Å². The zero-order valence-corrected chi connectivity index (χ0v) is 14.0. The van der Waals surface area contributed by atoms with Gasteiger partial charge in [-0.25, -0.2) is 4.39 Å². The molecule has 1 aliphatic rings. The summed E-state index contributed by atoms with van der Waals surface area (Å²) >= 11 is 0. The fraction of sp³-hybridized carbons (Fsp3) is 0.0455. The summed E-state index contributed by atoms with van der Waals surface area (Å²) < 4.78 is 13.8. The maximum Gasteiger partial charge on any atom is 0.275 e. The van der Waals surface area contributed by atoms with Gasteiger partial charge in [-0.2, -0.15) is 0 Å². The Bertz CT molecular complexity index is 954. The SMILES string of the molecule is O=C1C(Nc2ccccc2)=CC(c2cccc(F)c2)N1c1ccccc1. The molecule has 0 aliphatic carbocycles. The topological polar surface area (TPSA) is 32.3 Å². The average molecular weight is 344 g/mol. The molecule has 1 N–H and O–H groups in total. The van der Waals surface area contributed by atoms with Crippen molar-refractivity contribution in [1.82, 2.24) is 0 Å². The molecule has 26 heavy (non-hydrogen) atoms. The summed E-state index contributed by atoms with van der Waals surface area (Å²) in [7, 11) is 0. The van der Waals surface area contributed by atoms with Crippen LogP contribution in [0.4, 0.5) is 15.8 Å². The first-order valence-electron chi connectivity index (χ1n) is 8.40. The molecule has 128 valence electrons. The molecule has 0 saturated carbocycles. The summed E-state index contributed by atoms with van der Waals surface area (Å²) in [5.41, 5.74) is 2.81. The molecule has 3 aromatic carbocycles. The van der Waals surface area contributed by atoms with Crippen LogP contribution in [-0.2, 0) is 4.79 Å². The number of nitrogens with zero attached hydrogens (tertiary/aromatic N) is 1. The molecule has 1 atom stereocenters. The van der Waals surface area contributed by atoms with Crippen LogP contribution in [0, 0.1) is 5.82 Å². The molecule has 3 aromatic rings. The minimum atomic E-state index is -0.369. The summed E-state index contributed by atoms with van der Waals surface area (Å²) in [6.45, 7) is 0. The normalized spacial score (nSPS) is 16.5. The van der Waals surface area contributed by atoms with Gasteiger partial charge in [-0.15, -0.1) is 0 Å². The number of hydrogen-bond donors (Lipinski definition) is 1. The van der Waals surface area contributed by atoms with E-state index in [0.29, 0.717) is 5.70 Å². The smallest absolute Gasteiger partial charge is 0.275 e. The summed E-state index contributed by atoms with van der Waals surface area (Å²) in [6.07, 6.45) is 1.84. The molecule has 3 nitrogen and oxygen atoms in total. The van der Waals surface area contributed by atoms with Gasteiger partial charge in [0.2, 0.25) is 0 Å². The summed E-state index contributed by atoms with van der Waals surface area (Å²) in [4.78, 5) is 14.8. The van der Waals surface area contributed by atoms with Crippen molar-refractivity contribution in [3.8, 4) is 0 Å². The van der Waals surface area contributed by atoms with E-state index in [1.54, 1.807) is 11.0 Å². The van der Waals surface area contributed by atoms with Crippen LogP contribution in [-0.4, -0.2) is 5.91 Å². The standard InChI is InChI=1S/C22H17FN2O/c23-17-9-7-8-16(14-17)21-15-20(24-18-10-3-1-4-11-18)22(26)25(21)19-12-5-2-6-13-19/h1-15,21,24H. The third-order valence-electron chi connectivity index (χ3n) is 4.33. The van der Waals surface area contributed by atoms with Crippen LogP contribution in [0.15, 0.2) is 96.7 Å². The Balaban J connectivity index is 1.74. The molecular formula is C22H17FN2O. The number of carbonyl (C=O) groups excluding carboxylic acids is 1. The van der Waals surface area contributed by atoms with Gasteiger partial charge in [0, 0.05) is 11.4 Å². The van der Waals surface area contributed by atoms with E-state index >= 15 is 0 Å². The fourth-order valence-electron chi connectivity index (χ4n) is 3.13. The van der Waals surface area contributed by atoms with E-state index in [1.165, 1.54) is 12.1 Å². The lowest BCUT2D eigenvalue weighted by atomic mass is 10.1. The highest BCUT2D eigenvalue weighted by Crippen LogP contribution is 2.36. The Morgan fingerprint density at radius 2 is 1.54 bits per heavy atom. The molecule has 4 rings (SSSR count). The van der Waals surface area contributed by atoms with Gasteiger partial charge in [-0.05, 0) is 48.0 Å². The Morgan fingerprint density at radius 3 is 2.23 bits per heavy atom. The molecule has 0 saturated heterocycles. The van der Waals surface area contributed by atoms with Gasteiger partial charge in [0.25, 0.3) is 5.91 Å². The van der Waals surface area contributed by atoms with Crippen molar-refractivity contribution in [2.24, 2.45) is 0 Å². The Hall–Kier alpha value is -3.40. The van der Waals surface area contributed by atoms with Gasteiger partial charge in [-0.1, -0.05) is 48.5 Å². The molecule has 4 heteroatoms. The minimum absolute atomic E-state index is 0.144. The highest BCUT2D eigenvalue weighted by atomic mass is 19.1. The van der Waals surface area contributed by atoms with Gasteiger partial charge < -0.3 is 5.32 Å². The molecule has 0 radical (unpaired) electrons. The quantitative estimate of drug-likeness (QED) is 0.729. The molecule has 0 spiro atoms. The first kappa shape index (κ1) is 16.1. The fourth-order valence-corrected chi connectivity index (χ4v) is 3.13. The van der Waals surface area contributed by atoms with E-state index in [1.807, 2.05) is 72.8 Å². The number of rotatable bonds is 4. The van der Waals surface area contributed by atoms with E-state index in [2.05, 4.69) is 5.32 Å². The zero-order chi connectivity index (χ0) is 17.9. The molecule has 1 unspecified atom stereocenters. The minimum Gasteiger partial charge on any atom is -0.351 e. The third-order valence-corrected chi connectivity index (χ3v) is 4.33. The van der Waals surface area contributed by atoms with Gasteiger partial charge in [0.15, 0.2) is 0 Å². The number of nitrogens with one attached hydrogen (secondary N) is 1. The predicted octanol–water partition coefficient (Wildman–Crippen LogP) is 4.91. The van der Waals surface area contributed by atoms with E-state index in [4.69, 9.17) is 0 Å². The highest BCUT2D eigenvalue weighted by molar-refractivity contribution is 6.11. The number of amides is 1. The average Bonchev–Trinajstić information content (AvgIpc) is 3.00. The molecular weight excluding hydrogens is 327 g/mol. The molecule has 0 fully saturated rings. The van der Waals surface area contributed by atoms with Gasteiger partial charge >= 0.3 is 0 Å². The number of halogens is 1. The summed E-state index contributed by atoms with van der Waals surface area (Å²) in [6, 6.07) is 24.9. The van der Waals surface area contributed by atoms with Crippen LogP contribution in [0.2, 0.25) is 0 Å². The molecule has 1 amide bonds. The van der Waals surface area contributed by atoms with Crippen LogP contribution in [0.1, 0.15) is 11.6 Å². The zero-order valence-electron chi connectivity index (χ0n) is 14.0. The second-order valence-electron chi connectivity index (χ2n) is 6.08. The van der Waals surface area contributed by atoms with Gasteiger partial charge in [0.05, 0.1) is 6.04 Å². The van der Waals surface area contributed by atoms with Crippen LogP contribution in [0.3, 0.4) is 0 Å². The Morgan fingerprint density at radius 1 is 0.846 bits per heavy atom. The second-order valence-corrected chi connectivity index (χ2v) is 6.08. The van der Waals surface area contributed by atoms with Crippen LogP contribution >= 0.6 is 0 Å². The summed E-state index contributed by atoms with van der Waals surface area (Å²) in [5, 5.41) is 3.18. The molecule has 1 heterocycles. The summed E-state index contributed by atoms with van der Waals surface area (Å²) in [5.74, 6) is -0.463. The number of anilines is 2. The second kappa shape index (κ2) is 6.84. The van der Waals surface area contributed by atoms with Crippen LogP contribution in [0.25, 0.3) is 0 Å². The van der Waals surface area contributed by atoms with Crippen molar-refractivity contribution >= 4 is 17.3 Å². The first-order chi connectivity index (χ1) is 12.7. The first-order valence-corrected chi connectivity index (χ1v) is 8.40. The lowest BCUT2D eigenvalue weighted by molar-refractivity contribution is -0.114. The van der Waals surface area contributed by atoms with Crippen LogP contribution in [0.5, 0.6) is 0 Å². The van der Waals surface area contributed by atoms with Crippen molar-refractivity contribution in [1.29, 1.82) is 0 Å². The highest BCUT2D eigenvalue weighted by Gasteiger charge is 2.34. The molecule has 0 bridgehead atoms. The lowest BCUT2D eigenvalue weighted by Gasteiger charge is -2.25. The third kappa shape index (κ3) is 3.09. The van der Waals surface area contributed by atoms with E-state index in [9.17, 15) is 9.18 Å². The van der Waals surface area contributed by atoms with Crippen molar-refractivity contribution in [3.63, 3.8) is 0 Å². The maximum absolute atomic E-state index is 13.8. The molecule has 0 aromatic heterocycles. The largest absolute Gasteiger partial charge is 0.351 e. The van der Waals surface area contributed by atoms with Crippen molar-refractivity contribution in [3.05, 3.63) is 108 Å². The van der Waals surface area contributed by atoms with Crippen LogP contribution < -0.4 is 10.2 Å². The van der Waals surface area contributed by atoms with E-state index in [-0.39, 0.29) is 17.8 Å². The Labute approximate surface area is 151 Å². The number of hydrogen-bond acceptors (Lipinski definition) is 2. The number of carbonyl (C=O) groups is 1. The molecule has 1 aliphatic heterocycles. The van der Waals surface area contributed by atoms with Crippen molar-refractivity contribution in [2.45, 2.75) is 6.04 Å². The van der Waals surface area contributed by atoms with Crippen molar-refractivity contribution in [2.75, 3.05) is 10.2 Å². The van der Waals surface area contributed by atoms with E-state index in [0.717, 1.165) is 16.9 Å². The van der Waals surface area contributed by atoms with Crippen molar-refractivity contribution < 1.29 is 9.18 Å². The number of para-hydroxylation sites is 2. The number of benzene rings is 3. The van der Waals surface area contributed by atoms with Gasteiger partial charge in [0.1, 0.15) is 11.5 Å². The maximum atomic E-state index is 13.8. The Kier molecular flexibility index (Phi) is 4.23. The lowest BCUT2D eigenvalue weighted by Crippen LogP contribution is -2.30.